The molecule has 2 aromatic heterocycles. The molecule has 3 atom stereocenters. The molecule has 1 fully saturated rings. The molecule has 0 saturated heterocycles. The summed E-state index contributed by atoms with van der Waals surface area (Å²) < 4.78 is 34.0. The van der Waals surface area contributed by atoms with Gasteiger partial charge in [0.05, 0.1) is 31.1 Å². The van der Waals surface area contributed by atoms with Crippen LogP contribution in [0.4, 0.5) is 14.6 Å². The normalized spacial score (nSPS) is 20.5. The van der Waals surface area contributed by atoms with Crippen molar-refractivity contribution in [3.8, 4) is 34.4 Å². The smallest absolute Gasteiger partial charge is 0.316 e. The fourth-order valence-electron chi connectivity index (χ4n) is 4.30. The fourth-order valence-corrected chi connectivity index (χ4v) is 4.30. The van der Waals surface area contributed by atoms with Crippen molar-refractivity contribution in [1.82, 2.24) is 25.1 Å². The number of alkyl halides is 1. The van der Waals surface area contributed by atoms with Gasteiger partial charge in [-0.15, -0.1) is 10.2 Å². The number of rotatable bonds is 6. The van der Waals surface area contributed by atoms with Crippen LogP contribution in [0.5, 0.6) is 11.8 Å². The predicted molar refractivity (Wildman–Crippen MR) is 119 cm³/mol. The van der Waals surface area contributed by atoms with E-state index in [9.17, 15) is 13.9 Å². The second-order valence-corrected chi connectivity index (χ2v) is 8.15. The molecule has 0 amide bonds. The summed E-state index contributed by atoms with van der Waals surface area (Å²) in [6.07, 6.45) is 5.06. The first-order valence-electron chi connectivity index (χ1n) is 10.9. The third-order valence-electron chi connectivity index (χ3n) is 6.24. The molecular weight excluding hydrogens is 430 g/mol. The zero-order chi connectivity index (χ0) is 23.5. The monoisotopic (exact) mass is 456 g/mol. The summed E-state index contributed by atoms with van der Waals surface area (Å²) in [5, 5.41) is 18.9. The molecule has 174 valence electrons. The number of benzene rings is 1. The standard InChI is InChI=1S/C23H26F2N6O2/c1-4-13-6-5-7-17(20(13)25)31(2)19-12-26-22(30-29-19)15-9-8-14(10-18(15)32)21-16(24)11-27-23(28-21)33-3/h8-13,17,20,32H,4-7H2,1-3H3/t13-,17+,20-/m1/s1. The fraction of sp³-hybridized carbons (Fsp3) is 0.435. The number of phenols is 1. The van der Waals surface area contributed by atoms with Crippen molar-refractivity contribution in [3.05, 3.63) is 36.4 Å². The van der Waals surface area contributed by atoms with Crippen molar-refractivity contribution in [1.29, 1.82) is 0 Å². The maximum atomic E-state index is 14.9. The van der Waals surface area contributed by atoms with Crippen LogP contribution in [0.25, 0.3) is 22.6 Å². The summed E-state index contributed by atoms with van der Waals surface area (Å²) in [6, 6.07) is 4.26. The Morgan fingerprint density at radius 2 is 2.00 bits per heavy atom. The molecule has 0 unspecified atom stereocenters. The molecule has 1 aliphatic rings. The molecule has 1 N–H and O–H groups in total. The minimum absolute atomic E-state index is 0.00152. The third-order valence-corrected chi connectivity index (χ3v) is 6.24. The van der Waals surface area contributed by atoms with E-state index in [2.05, 4.69) is 25.1 Å². The molecule has 1 saturated carbocycles. The number of hydrogen-bond acceptors (Lipinski definition) is 8. The molecule has 1 aliphatic carbocycles. The highest BCUT2D eigenvalue weighted by atomic mass is 19.1. The highest BCUT2D eigenvalue weighted by Gasteiger charge is 2.35. The summed E-state index contributed by atoms with van der Waals surface area (Å²) in [4.78, 5) is 13.8. The Labute approximate surface area is 190 Å². The number of ether oxygens (including phenoxy) is 1. The van der Waals surface area contributed by atoms with Crippen molar-refractivity contribution < 1.29 is 18.6 Å². The van der Waals surface area contributed by atoms with Crippen molar-refractivity contribution in [2.45, 2.75) is 44.8 Å². The van der Waals surface area contributed by atoms with Gasteiger partial charge in [-0.3, -0.25) is 0 Å². The predicted octanol–water partition coefficient (Wildman–Crippen LogP) is 4.20. The molecule has 4 rings (SSSR count). The van der Waals surface area contributed by atoms with Gasteiger partial charge in [0.15, 0.2) is 17.5 Å². The van der Waals surface area contributed by atoms with Gasteiger partial charge in [-0.05, 0) is 30.9 Å². The molecule has 8 nitrogen and oxygen atoms in total. The number of methoxy groups -OCH3 is 1. The van der Waals surface area contributed by atoms with E-state index >= 15 is 0 Å². The molecule has 2 heterocycles. The Bertz CT molecular complexity index is 1110. The second-order valence-electron chi connectivity index (χ2n) is 8.15. The molecule has 0 aliphatic heterocycles. The lowest BCUT2D eigenvalue weighted by atomic mass is 9.82. The lowest BCUT2D eigenvalue weighted by Crippen LogP contribution is -2.45. The highest BCUT2D eigenvalue weighted by molar-refractivity contribution is 5.71. The Morgan fingerprint density at radius 3 is 2.67 bits per heavy atom. The zero-order valence-corrected chi connectivity index (χ0v) is 18.7. The highest BCUT2D eigenvalue weighted by Crippen LogP contribution is 2.35. The van der Waals surface area contributed by atoms with Crippen LogP contribution in [0.15, 0.2) is 30.6 Å². The van der Waals surface area contributed by atoms with Crippen LogP contribution in [-0.4, -0.2) is 56.6 Å². The number of aromatic nitrogens is 5. The van der Waals surface area contributed by atoms with Gasteiger partial charge >= 0.3 is 6.01 Å². The molecule has 1 aromatic carbocycles. The van der Waals surface area contributed by atoms with E-state index in [0.29, 0.717) is 16.9 Å². The van der Waals surface area contributed by atoms with Gasteiger partial charge in [-0.2, -0.15) is 4.98 Å². The molecule has 0 spiro atoms. The maximum absolute atomic E-state index is 14.9. The van der Waals surface area contributed by atoms with Crippen LogP contribution < -0.4 is 9.64 Å². The van der Waals surface area contributed by atoms with Crippen LogP contribution in [0.1, 0.15) is 32.6 Å². The van der Waals surface area contributed by atoms with Gasteiger partial charge in [-0.1, -0.05) is 25.8 Å². The average Bonchev–Trinajstić information content (AvgIpc) is 2.84. The molecule has 33 heavy (non-hydrogen) atoms. The summed E-state index contributed by atoms with van der Waals surface area (Å²) in [5.41, 5.74) is 0.669. The van der Waals surface area contributed by atoms with Crippen LogP contribution in [-0.2, 0) is 0 Å². The summed E-state index contributed by atoms with van der Waals surface area (Å²) in [7, 11) is 3.19. The van der Waals surface area contributed by atoms with Gasteiger partial charge in [0, 0.05) is 12.6 Å². The first-order valence-corrected chi connectivity index (χ1v) is 10.9. The maximum Gasteiger partial charge on any atom is 0.316 e. The van der Waals surface area contributed by atoms with Crippen LogP contribution in [0.2, 0.25) is 0 Å². The Balaban J connectivity index is 1.56. The van der Waals surface area contributed by atoms with Crippen molar-refractivity contribution in [3.63, 3.8) is 0 Å². The van der Waals surface area contributed by atoms with E-state index in [4.69, 9.17) is 4.74 Å². The number of halogens is 2. The quantitative estimate of drug-likeness (QED) is 0.589. The van der Waals surface area contributed by atoms with E-state index < -0.39 is 12.0 Å². The number of phenolic OH excluding ortho intramolecular Hbond substituents is 1. The lowest BCUT2D eigenvalue weighted by Gasteiger charge is -2.38. The van der Waals surface area contributed by atoms with Crippen LogP contribution in [0, 0.1) is 11.7 Å². The Kier molecular flexibility index (Phi) is 6.62. The molecule has 10 heteroatoms. The summed E-state index contributed by atoms with van der Waals surface area (Å²) >= 11 is 0. The first kappa shape index (κ1) is 22.8. The minimum atomic E-state index is -0.923. The second kappa shape index (κ2) is 9.60. The summed E-state index contributed by atoms with van der Waals surface area (Å²) in [6.45, 7) is 2.02. The zero-order valence-electron chi connectivity index (χ0n) is 18.7. The van der Waals surface area contributed by atoms with Crippen molar-refractivity contribution in [2.75, 3.05) is 19.1 Å². The van der Waals surface area contributed by atoms with E-state index in [1.54, 1.807) is 24.1 Å². The number of aromatic hydroxyl groups is 1. The number of nitrogens with zero attached hydrogens (tertiary/aromatic N) is 6. The van der Waals surface area contributed by atoms with Gasteiger partial charge in [0.2, 0.25) is 0 Å². The number of anilines is 1. The van der Waals surface area contributed by atoms with Gasteiger partial charge in [0.25, 0.3) is 0 Å². The number of hydrogen-bond donors (Lipinski definition) is 1. The average molecular weight is 456 g/mol. The van der Waals surface area contributed by atoms with Crippen LogP contribution >= 0.6 is 0 Å². The SMILES string of the molecule is CC[C@@H]1CCC[C@H](N(C)c2cnc(-c3ccc(-c4nc(OC)ncc4F)cc3O)nn2)[C@@H]1F. The molecule has 3 aromatic rings. The van der Waals surface area contributed by atoms with Gasteiger partial charge in [-0.25, -0.2) is 18.7 Å². The Morgan fingerprint density at radius 1 is 1.18 bits per heavy atom. The van der Waals surface area contributed by atoms with Gasteiger partial charge < -0.3 is 14.7 Å². The van der Waals surface area contributed by atoms with Crippen molar-refractivity contribution in [2.24, 2.45) is 5.92 Å². The largest absolute Gasteiger partial charge is 0.507 e. The molecule has 0 radical (unpaired) electrons. The lowest BCUT2D eigenvalue weighted by molar-refractivity contribution is 0.134. The van der Waals surface area contributed by atoms with Crippen molar-refractivity contribution >= 4 is 5.82 Å². The van der Waals surface area contributed by atoms with E-state index in [0.717, 1.165) is 31.9 Å². The minimum Gasteiger partial charge on any atom is -0.507 e. The topological polar surface area (TPSA) is 97.2 Å². The Hall–Kier alpha value is -3.43. The van der Waals surface area contributed by atoms with Crippen LogP contribution in [0.3, 0.4) is 0 Å². The summed E-state index contributed by atoms with van der Waals surface area (Å²) in [5.74, 6) is -0.0819. The molecule has 0 bridgehead atoms. The third kappa shape index (κ3) is 4.55. The van der Waals surface area contributed by atoms with E-state index in [-0.39, 0.29) is 35.2 Å². The first-order chi connectivity index (χ1) is 15.9. The van der Waals surface area contributed by atoms with E-state index in [1.807, 2.05) is 6.92 Å². The molecular formula is C23H26F2N6O2. The van der Waals surface area contributed by atoms with E-state index in [1.165, 1.54) is 19.4 Å². The van der Waals surface area contributed by atoms with Gasteiger partial charge in [0.1, 0.15) is 17.6 Å².